The van der Waals surface area contributed by atoms with Crippen LogP contribution >= 0.6 is 23.2 Å². The number of nitrogens with one attached hydrogen (secondary N) is 1. The summed E-state index contributed by atoms with van der Waals surface area (Å²) in [5.41, 5.74) is 0.813. The molecule has 118 valence electrons. The van der Waals surface area contributed by atoms with Crippen molar-refractivity contribution in [2.45, 2.75) is 6.10 Å². The molecule has 4 nitrogen and oxygen atoms in total. The molecule has 0 fully saturated rings. The number of aliphatic hydroxyl groups excluding tert-OH is 1. The number of aliphatic hydroxyl groups is 1. The largest absolute Gasteiger partial charge is 0.495 e. The van der Waals surface area contributed by atoms with Crippen LogP contribution in [0.1, 0.15) is 0 Å². The van der Waals surface area contributed by atoms with Gasteiger partial charge in [0.25, 0.3) is 0 Å². The van der Waals surface area contributed by atoms with Crippen molar-refractivity contribution in [2.75, 3.05) is 25.6 Å². The maximum atomic E-state index is 9.98. The van der Waals surface area contributed by atoms with E-state index < -0.39 is 6.10 Å². The summed E-state index contributed by atoms with van der Waals surface area (Å²) in [5.74, 6) is 1.21. The number of para-hydroxylation sites is 2. The van der Waals surface area contributed by atoms with Crippen LogP contribution in [-0.2, 0) is 0 Å². The van der Waals surface area contributed by atoms with Gasteiger partial charge in [-0.05, 0) is 30.3 Å². The Morgan fingerprint density at radius 1 is 1.14 bits per heavy atom. The van der Waals surface area contributed by atoms with Crippen molar-refractivity contribution in [3.8, 4) is 11.5 Å². The van der Waals surface area contributed by atoms with Crippen molar-refractivity contribution in [1.29, 1.82) is 0 Å². The molecule has 0 aromatic heterocycles. The number of ether oxygens (including phenoxy) is 2. The molecule has 0 aliphatic heterocycles. The molecule has 2 aromatic rings. The Labute approximate surface area is 139 Å². The van der Waals surface area contributed by atoms with Crippen molar-refractivity contribution in [3.05, 3.63) is 52.5 Å². The quantitative estimate of drug-likeness (QED) is 0.802. The van der Waals surface area contributed by atoms with E-state index in [2.05, 4.69) is 5.32 Å². The van der Waals surface area contributed by atoms with Crippen LogP contribution in [0.25, 0.3) is 0 Å². The van der Waals surface area contributed by atoms with Crippen molar-refractivity contribution < 1.29 is 14.6 Å². The van der Waals surface area contributed by atoms with E-state index in [1.807, 2.05) is 24.3 Å². The zero-order valence-corrected chi connectivity index (χ0v) is 13.6. The standard InChI is InChI=1S/C16H17Cl2NO3/c1-21-16-5-3-2-4-14(16)19-9-12(20)10-22-15-7-6-11(17)8-13(15)18/h2-8,12,19-20H,9-10H2,1H3. The zero-order valence-electron chi connectivity index (χ0n) is 12.1. The Bertz CT molecular complexity index is 622. The van der Waals surface area contributed by atoms with E-state index in [0.717, 1.165) is 11.4 Å². The van der Waals surface area contributed by atoms with E-state index in [-0.39, 0.29) is 6.61 Å². The van der Waals surface area contributed by atoms with Crippen LogP contribution in [0, 0.1) is 0 Å². The number of benzene rings is 2. The van der Waals surface area contributed by atoms with Gasteiger partial charge in [0.15, 0.2) is 0 Å². The highest BCUT2D eigenvalue weighted by atomic mass is 35.5. The maximum absolute atomic E-state index is 9.98. The molecule has 0 aliphatic carbocycles. The minimum Gasteiger partial charge on any atom is -0.495 e. The van der Waals surface area contributed by atoms with Crippen molar-refractivity contribution in [1.82, 2.24) is 0 Å². The topological polar surface area (TPSA) is 50.7 Å². The lowest BCUT2D eigenvalue weighted by atomic mass is 10.2. The zero-order chi connectivity index (χ0) is 15.9. The summed E-state index contributed by atoms with van der Waals surface area (Å²) >= 11 is 11.8. The molecular weight excluding hydrogens is 325 g/mol. The Morgan fingerprint density at radius 3 is 2.64 bits per heavy atom. The Morgan fingerprint density at radius 2 is 1.91 bits per heavy atom. The summed E-state index contributed by atoms with van der Waals surface area (Å²) in [7, 11) is 1.60. The van der Waals surface area contributed by atoms with Gasteiger partial charge in [0.2, 0.25) is 0 Å². The Hall–Kier alpha value is -1.62. The van der Waals surface area contributed by atoms with Gasteiger partial charge in [0.1, 0.15) is 24.2 Å². The van der Waals surface area contributed by atoms with E-state index >= 15 is 0 Å². The molecule has 0 saturated carbocycles. The van der Waals surface area contributed by atoms with Gasteiger partial charge >= 0.3 is 0 Å². The van der Waals surface area contributed by atoms with Gasteiger partial charge in [-0.3, -0.25) is 0 Å². The number of hydrogen-bond donors (Lipinski definition) is 2. The highest BCUT2D eigenvalue weighted by molar-refractivity contribution is 6.35. The molecule has 2 aromatic carbocycles. The molecule has 0 heterocycles. The summed E-state index contributed by atoms with van der Waals surface area (Å²) in [4.78, 5) is 0. The summed E-state index contributed by atoms with van der Waals surface area (Å²) in [6, 6.07) is 12.4. The molecule has 2 N–H and O–H groups in total. The second-order valence-electron chi connectivity index (χ2n) is 4.62. The Kier molecular flexibility index (Phi) is 6.19. The third-order valence-corrected chi connectivity index (χ3v) is 3.49. The number of anilines is 1. The van der Waals surface area contributed by atoms with E-state index in [1.54, 1.807) is 25.3 Å². The fourth-order valence-corrected chi connectivity index (χ4v) is 2.32. The molecule has 1 unspecified atom stereocenters. The van der Waals surface area contributed by atoms with Crippen LogP contribution in [0.5, 0.6) is 11.5 Å². The van der Waals surface area contributed by atoms with Crippen LogP contribution in [0.4, 0.5) is 5.69 Å². The Balaban J connectivity index is 1.84. The fraction of sp³-hybridized carbons (Fsp3) is 0.250. The normalized spacial score (nSPS) is 11.8. The molecule has 22 heavy (non-hydrogen) atoms. The third kappa shape index (κ3) is 4.70. The van der Waals surface area contributed by atoms with Gasteiger partial charge < -0.3 is 19.9 Å². The average Bonchev–Trinajstić information content (AvgIpc) is 2.52. The van der Waals surface area contributed by atoms with Gasteiger partial charge in [-0.15, -0.1) is 0 Å². The van der Waals surface area contributed by atoms with Crippen molar-refractivity contribution >= 4 is 28.9 Å². The molecule has 2 rings (SSSR count). The van der Waals surface area contributed by atoms with Crippen molar-refractivity contribution in [3.63, 3.8) is 0 Å². The highest BCUT2D eigenvalue weighted by Crippen LogP contribution is 2.27. The first-order chi connectivity index (χ1) is 10.6. The van der Waals surface area contributed by atoms with Gasteiger partial charge in [-0.25, -0.2) is 0 Å². The van der Waals surface area contributed by atoms with E-state index in [0.29, 0.717) is 22.3 Å². The lowest BCUT2D eigenvalue weighted by Crippen LogP contribution is -2.26. The van der Waals surface area contributed by atoms with Gasteiger partial charge in [0, 0.05) is 11.6 Å². The monoisotopic (exact) mass is 341 g/mol. The summed E-state index contributed by atoms with van der Waals surface area (Å²) in [6.45, 7) is 0.440. The fourth-order valence-electron chi connectivity index (χ4n) is 1.86. The second kappa shape index (κ2) is 8.13. The lowest BCUT2D eigenvalue weighted by Gasteiger charge is -2.16. The number of rotatable bonds is 7. The summed E-state index contributed by atoms with van der Waals surface area (Å²) in [5, 5.41) is 14.1. The van der Waals surface area contributed by atoms with Crippen LogP contribution in [-0.4, -0.2) is 31.5 Å². The number of halogens is 2. The SMILES string of the molecule is COc1ccccc1NCC(O)COc1ccc(Cl)cc1Cl. The van der Waals surface area contributed by atoms with Gasteiger partial charge in [0.05, 0.1) is 17.8 Å². The molecule has 0 radical (unpaired) electrons. The maximum Gasteiger partial charge on any atom is 0.141 e. The molecule has 0 aliphatic rings. The summed E-state index contributed by atoms with van der Waals surface area (Å²) in [6.07, 6.45) is -0.698. The van der Waals surface area contributed by atoms with Gasteiger partial charge in [-0.1, -0.05) is 35.3 Å². The average molecular weight is 342 g/mol. The first kappa shape index (κ1) is 16.7. The minimum absolute atomic E-state index is 0.115. The smallest absolute Gasteiger partial charge is 0.141 e. The molecular formula is C16H17Cl2NO3. The molecule has 6 heteroatoms. The van der Waals surface area contributed by atoms with Crippen LogP contribution in [0.2, 0.25) is 10.0 Å². The molecule has 0 spiro atoms. The number of hydrogen-bond acceptors (Lipinski definition) is 4. The third-order valence-electron chi connectivity index (χ3n) is 2.96. The summed E-state index contributed by atoms with van der Waals surface area (Å²) < 4.78 is 10.7. The highest BCUT2D eigenvalue weighted by Gasteiger charge is 2.09. The second-order valence-corrected chi connectivity index (χ2v) is 5.46. The van der Waals surface area contributed by atoms with E-state index in [1.165, 1.54) is 0 Å². The molecule has 1 atom stereocenters. The predicted octanol–water partition coefficient (Wildman–Crippen LogP) is 3.85. The van der Waals surface area contributed by atoms with Crippen molar-refractivity contribution in [2.24, 2.45) is 0 Å². The molecule has 0 saturated heterocycles. The molecule has 0 amide bonds. The van der Waals surface area contributed by atoms with Crippen LogP contribution < -0.4 is 14.8 Å². The minimum atomic E-state index is -0.698. The van der Waals surface area contributed by atoms with Crippen LogP contribution in [0.3, 0.4) is 0 Å². The first-order valence-electron chi connectivity index (χ1n) is 6.73. The molecule has 0 bridgehead atoms. The van der Waals surface area contributed by atoms with Crippen LogP contribution in [0.15, 0.2) is 42.5 Å². The van der Waals surface area contributed by atoms with E-state index in [9.17, 15) is 5.11 Å². The predicted molar refractivity (Wildman–Crippen MR) is 89.4 cm³/mol. The lowest BCUT2D eigenvalue weighted by molar-refractivity contribution is 0.117. The van der Waals surface area contributed by atoms with Gasteiger partial charge in [-0.2, -0.15) is 0 Å². The van der Waals surface area contributed by atoms with E-state index in [4.69, 9.17) is 32.7 Å². The first-order valence-corrected chi connectivity index (χ1v) is 7.48. The number of methoxy groups -OCH3 is 1.